The highest BCUT2D eigenvalue weighted by Crippen LogP contribution is 2.08. The molecule has 5 nitrogen and oxygen atoms in total. The van der Waals surface area contributed by atoms with Crippen molar-refractivity contribution >= 4 is 5.91 Å². The summed E-state index contributed by atoms with van der Waals surface area (Å²) in [4.78, 5) is 14.0. The van der Waals surface area contributed by atoms with Crippen LogP contribution in [0.15, 0.2) is 0 Å². The summed E-state index contributed by atoms with van der Waals surface area (Å²) >= 11 is 0. The number of amides is 1. The van der Waals surface area contributed by atoms with Crippen LogP contribution < -0.4 is 5.32 Å². The van der Waals surface area contributed by atoms with Gasteiger partial charge in [0.1, 0.15) is 0 Å². The molecule has 1 saturated heterocycles. The fraction of sp³-hybridized carbons (Fsp3) is 0.923. The Hall–Kier alpha value is -0.650. The summed E-state index contributed by atoms with van der Waals surface area (Å²) in [6.07, 6.45) is 3.19. The number of carbonyl (C=O) groups is 1. The molecule has 18 heavy (non-hydrogen) atoms. The number of aliphatic hydroxyl groups excluding tert-OH is 1. The first-order chi connectivity index (χ1) is 8.69. The van der Waals surface area contributed by atoms with Gasteiger partial charge in [0.2, 0.25) is 5.91 Å². The Bertz CT molecular complexity index is 248. The van der Waals surface area contributed by atoms with Crippen molar-refractivity contribution in [2.45, 2.75) is 45.3 Å². The molecule has 1 heterocycles. The van der Waals surface area contributed by atoms with Crippen molar-refractivity contribution in [1.29, 1.82) is 0 Å². The molecular weight excluding hydrogens is 232 g/mol. The van der Waals surface area contributed by atoms with E-state index in [1.807, 2.05) is 6.92 Å². The average molecular weight is 258 g/mol. The number of hydrogen-bond donors (Lipinski definition) is 2. The monoisotopic (exact) mass is 258 g/mol. The Morgan fingerprint density at radius 3 is 3.00 bits per heavy atom. The minimum atomic E-state index is -0.158. The molecule has 0 aromatic rings. The minimum absolute atomic E-state index is 0.0152. The van der Waals surface area contributed by atoms with E-state index >= 15 is 0 Å². The molecule has 106 valence electrons. The second-order valence-corrected chi connectivity index (χ2v) is 4.84. The van der Waals surface area contributed by atoms with Gasteiger partial charge in [-0.25, -0.2) is 0 Å². The third-order valence-electron chi connectivity index (χ3n) is 3.38. The quantitative estimate of drug-likeness (QED) is 0.648. The molecule has 0 radical (unpaired) electrons. The number of nitrogens with one attached hydrogen (secondary N) is 1. The van der Waals surface area contributed by atoms with Crippen LogP contribution in [0.1, 0.15) is 33.1 Å². The van der Waals surface area contributed by atoms with Crippen LogP contribution in [-0.4, -0.2) is 60.9 Å². The van der Waals surface area contributed by atoms with Crippen molar-refractivity contribution in [3.8, 4) is 0 Å². The SMILES string of the molecule is CCCCCNC(=O)C(C)N1CCOC(CO)C1. The first-order valence-electron chi connectivity index (χ1n) is 6.93. The van der Waals surface area contributed by atoms with Crippen molar-refractivity contribution in [3.63, 3.8) is 0 Å². The first-order valence-corrected chi connectivity index (χ1v) is 6.93. The van der Waals surface area contributed by atoms with E-state index in [0.717, 1.165) is 32.4 Å². The maximum Gasteiger partial charge on any atom is 0.237 e. The van der Waals surface area contributed by atoms with Gasteiger partial charge in [-0.2, -0.15) is 0 Å². The van der Waals surface area contributed by atoms with E-state index in [2.05, 4.69) is 17.1 Å². The topological polar surface area (TPSA) is 61.8 Å². The Balaban J connectivity index is 2.28. The molecule has 1 aliphatic heterocycles. The molecule has 1 amide bonds. The van der Waals surface area contributed by atoms with Crippen LogP contribution in [0.2, 0.25) is 0 Å². The fourth-order valence-corrected chi connectivity index (χ4v) is 2.10. The van der Waals surface area contributed by atoms with E-state index in [1.165, 1.54) is 0 Å². The van der Waals surface area contributed by atoms with Crippen molar-refractivity contribution in [3.05, 3.63) is 0 Å². The summed E-state index contributed by atoms with van der Waals surface area (Å²) in [7, 11) is 0. The van der Waals surface area contributed by atoms with E-state index in [4.69, 9.17) is 9.84 Å². The van der Waals surface area contributed by atoms with E-state index < -0.39 is 0 Å². The number of carbonyl (C=O) groups excluding carboxylic acids is 1. The summed E-state index contributed by atoms with van der Waals surface area (Å²) in [5.41, 5.74) is 0. The number of nitrogens with zero attached hydrogens (tertiary/aromatic N) is 1. The maximum absolute atomic E-state index is 11.9. The van der Waals surface area contributed by atoms with Crippen LogP contribution in [0.25, 0.3) is 0 Å². The standard InChI is InChI=1S/C13H26N2O3/c1-3-4-5-6-14-13(17)11(2)15-7-8-18-12(9-15)10-16/h11-12,16H,3-10H2,1-2H3,(H,14,17). The first kappa shape index (κ1) is 15.4. The molecule has 1 aliphatic rings. The molecule has 2 unspecified atom stereocenters. The van der Waals surface area contributed by atoms with Crippen molar-refractivity contribution in [1.82, 2.24) is 10.2 Å². The number of unbranched alkanes of at least 4 members (excludes halogenated alkanes) is 2. The van der Waals surface area contributed by atoms with Crippen LogP contribution in [0, 0.1) is 0 Å². The Morgan fingerprint density at radius 1 is 1.56 bits per heavy atom. The highest BCUT2D eigenvalue weighted by molar-refractivity contribution is 5.81. The third kappa shape index (κ3) is 4.92. The van der Waals surface area contributed by atoms with Crippen LogP contribution in [0.5, 0.6) is 0 Å². The Kier molecular flexibility index (Phi) is 7.23. The molecule has 1 rings (SSSR count). The number of ether oxygens (including phenoxy) is 1. The fourth-order valence-electron chi connectivity index (χ4n) is 2.10. The lowest BCUT2D eigenvalue weighted by Crippen LogP contribution is -2.53. The molecule has 0 aliphatic carbocycles. The molecule has 2 atom stereocenters. The van der Waals surface area contributed by atoms with Gasteiger partial charge >= 0.3 is 0 Å². The minimum Gasteiger partial charge on any atom is -0.394 e. The normalized spacial score (nSPS) is 22.7. The second kappa shape index (κ2) is 8.45. The summed E-state index contributed by atoms with van der Waals surface area (Å²) in [5.74, 6) is 0.0738. The van der Waals surface area contributed by atoms with Gasteiger partial charge < -0.3 is 15.2 Å². The molecule has 0 saturated carbocycles. The lowest BCUT2D eigenvalue weighted by atomic mass is 10.2. The molecule has 0 spiro atoms. The molecule has 2 N–H and O–H groups in total. The Morgan fingerprint density at radius 2 is 2.33 bits per heavy atom. The van der Waals surface area contributed by atoms with Gasteiger partial charge in [-0.1, -0.05) is 19.8 Å². The zero-order valence-electron chi connectivity index (χ0n) is 11.5. The van der Waals surface area contributed by atoms with Gasteiger partial charge in [0.15, 0.2) is 0 Å². The molecule has 1 fully saturated rings. The van der Waals surface area contributed by atoms with Crippen molar-refractivity contribution in [2.75, 3.05) is 32.8 Å². The number of aliphatic hydroxyl groups is 1. The molecule has 0 aromatic carbocycles. The van der Waals surface area contributed by atoms with Gasteiger partial charge in [-0.3, -0.25) is 9.69 Å². The van der Waals surface area contributed by atoms with E-state index in [-0.39, 0.29) is 24.7 Å². The van der Waals surface area contributed by atoms with E-state index in [1.54, 1.807) is 0 Å². The predicted octanol–water partition coefficient (Wildman–Crippen LogP) is 0.374. The highest BCUT2D eigenvalue weighted by Gasteiger charge is 2.27. The smallest absolute Gasteiger partial charge is 0.237 e. The number of rotatable bonds is 7. The van der Waals surface area contributed by atoms with Crippen LogP contribution >= 0.6 is 0 Å². The van der Waals surface area contributed by atoms with Crippen molar-refractivity contribution < 1.29 is 14.6 Å². The van der Waals surface area contributed by atoms with Gasteiger partial charge in [0.25, 0.3) is 0 Å². The van der Waals surface area contributed by atoms with Crippen LogP contribution in [0.3, 0.4) is 0 Å². The summed E-state index contributed by atoms with van der Waals surface area (Å²) in [6, 6.07) is -0.149. The molecule has 0 aromatic heterocycles. The second-order valence-electron chi connectivity index (χ2n) is 4.84. The number of morpholine rings is 1. The summed E-state index contributed by atoms with van der Waals surface area (Å²) in [6.45, 7) is 6.78. The number of hydrogen-bond acceptors (Lipinski definition) is 4. The Labute approximate surface area is 109 Å². The maximum atomic E-state index is 11.9. The molecule has 5 heteroatoms. The van der Waals surface area contributed by atoms with Crippen LogP contribution in [0.4, 0.5) is 0 Å². The van der Waals surface area contributed by atoms with Gasteiger partial charge in [0, 0.05) is 19.6 Å². The van der Waals surface area contributed by atoms with Gasteiger partial charge in [-0.05, 0) is 13.3 Å². The van der Waals surface area contributed by atoms with E-state index in [9.17, 15) is 4.79 Å². The average Bonchev–Trinajstić information content (AvgIpc) is 2.42. The predicted molar refractivity (Wildman–Crippen MR) is 70.4 cm³/mol. The zero-order chi connectivity index (χ0) is 13.4. The van der Waals surface area contributed by atoms with Gasteiger partial charge in [-0.15, -0.1) is 0 Å². The third-order valence-corrected chi connectivity index (χ3v) is 3.38. The zero-order valence-corrected chi connectivity index (χ0v) is 11.5. The van der Waals surface area contributed by atoms with Crippen molar-refractivity contribution in [2.24, 2.45) is 0 Å². The van der Waals surface area contributed by atoms with E-state index in [0.29, 0.717) is 13.2 Å². The lowest BCUT2D eigenvalue weighted by Gasteiger charge is -2.35. The largest absolute Gasteiger partial charge is 0.394 e. The summed E-state index contributed by atoms with van der Waals surface area (Å²) in [5, 5.41) is 12.0. The lowest BCUT2D eigenvalue weighted by molar-refractivity contribution is -0.130. The van der Waals surface area contributed by atoms with Crippen LogP contribution in [-0.2, 0) is 9.53 Å². The molecule has 0 bridgehead atoms. The molecular formula is C13H26N2O3. The summed E-state index contributed by atoms with van der Waals surface area (Å²) < 4.78 is 5.38. The van der Waals surface area contributed by atoms with Gasteiger partial charge in [0.05, 0.1) is 25.4 Å². The highest BCUT2D eigenvalue weighted by atomic mass is 16.5.